The lowest BCUT2D eigenvalue weighted by Gasteiger charge is -2.45. The molecule has 1 aliphatic rings. The molecule has 1 heterocycles. The molecule has 0 radical (unpaired) electrons. The van der Waals surface area contributed by atoms with Crippen molar-refractivity contribution in [2.75, 3.05) is 6.61 Å². The molecule has 1 aliphatic heterocycles. The van der Waals surface area contributed by atoms with Crippen LogP contribution in [0.15, 0.2) is 0 Å². The number of hydrogen-bond donors (Lipinski definition) is 8. The Labute approximate surface area is 130 Å². The zero-order valence-corrected chi connectivity index (χ0v) is 13.6. The van der Waals surface area contributed by atoms with E-state index in [-0.39, 0.29) is 0 Å². The van der Waals surface area contributed by atoms with Crippen LogP contribution < -0.4 is 5.32 Å². The van der Waals surface area contributed by atoms with E-state index in [9.17, 15) is 43.7 Å². The first-order valence-electron chi connectivity index (χ1n) is 6.30. The van der Waals surface area contributed by atoms with Crippen LogP contribution in [0.25, 0.3) is 0 Å². The zero-order chi connectivity index (χ0) is 18.2. The van der Waals surface area contributed by atoms with Crippen LogP contribution in [0.4, 0.5) is 0 Å². The normalized spacial score (nSPS) is 32.8. The van der Waals surface area contributed by atoms with Gasteiger partial charge in [-0.05, 0) is 0 Å². The van der Waals surface area contributed by atoms with Crippen molar-refractivity contribution in [3.05, 3.63) is 0 Å². The fraction of sp³-hybridized carbons (Fsp3) is 0.889. The van der Waals surface area contributed by atoms with E-state index in [1.165, 1.54) is 0 Å². The highest BCUT2D eigenvalue weighted by Gasteiger charge is 2.57. The first-order chi connectivity index (χ1) is 10.3. The minimum Gasteiger partial charge on any atom is -0.394 e. The Morgan fingerprint density at radius 3 is 1.96 bits per heavy atom. The molecule has 0 bridgehead atoms. The van der Waals surface area contributed by atoms with Gasteiger partial charge in [-0.1, -0.05) is 0 Å². The molecule has 1 rings (SSSR count). The highest BCUT2D eigenvalue weighted by atomic mass is 31.2. The van der Waals surface area contributed by atoms with Crippen LogP contribution in [0.3, 0.4) is 0 Å². The predicted molar refractivity (Wildman–Crippen MR) is 73.2 cm³/mol. The smallest absolute Gasteiger partial charge is 0.343 e. The van der Waals surface area contributed by atoms with Crippen molar-refractivity contribution in [3.8, 4) is 0 Å². The summed E-state index contributed by atoms with van der Waals surface area (Å²) in [5, 5.41) is 28.2. The maximum atomic E-state index is 11.5. The summed E-state index contributed by atoms with van der Waals surface area (Å²) in [6.45, 7) is 0.0921. The third kappa shape index (κ3) is 4.80. The van der Waals surface area contributed by atoms with Crippen LogP contribution in [0, 0.1) is 0 Å². The van der Waals surface area contributed by atoms with Gasteiger partial charge >= 0.3 is 15.2 Å². The number of rotatable bonds is 5. The summed E-state index contributed by atoms with van der Waals surface area (Å²) in [6, 6.07) is -1.71. The quantitative estimate of drug-likeness (QED) is 0.221. The second-order valence-electron chi connectivity index (χ2n) is 5.12. The molecule has 0 aromatic heterocycles. The number of carbonyl (C=O) groups excluding carboxylic acids is 1. The molecule has 12 nitrogen and oxygen atoms in total. The largest absolute Gasteiger partial charge is 0.394 e. The van der Waals surface area contributed by atoms with Gasteiger partial charge in [0.15, 0.2) is 5.40 Å². The number of ether oxygens (including phenoxy) is 1. The number of carbonyl (C=O) groups is 1. The van der Waals surface area contributed by atoms with Crippen molar-refractivity contribution in [2.24, 2.45) is 0 Å². The monoisotopic (exact) mass is 379 g/mol. The Morgan fingerprint density at radius 1 is 1.13 bits per heavy atom. The molecule has 5 atom stereocenters. The molecule has 1 amide bonds. The van der Waals surface area contributed by atoms with Crippen molar-refractivity contribution in [3.63, 3.8) is 0 Å². The molecule has 8 N–H and O–H groups in total. The van der Waals surface area contributed by atoms with E-state index in [0.717, 1.165) is 6.92 Å². The van der Waals surface area contributed by atoms with Gasteiger partial charge in [0.05, 0.1) is 12.6 Å². The highest BCUT2D eigenvalue weighted by molar-refractivity contribution is 7.71. The van der Waals surface area contributed by atoms with Crippen LogP contribution in [-0.2, 0) is 18.7 Å². The Hall–Kier alpha value is -0.390. The average Bonchev–Trinajstić information content (AvgIpc) is 2.34. The number of hydrogen-bond acceptors (Lipinski definition) is 7. The second kappa shape index (κ2) is 7.24. The van der Waals surface area contributed by atoms with Gasteiger partial charge in [-0.25, -0.2) is 0 Å². The van der Waals surface area contributed by atoms with Crippen molar-refractivity contribution in [1.82, 2.24) is 5.32 Å². The molecular formula is C9H19NO11P2. The first kappa shape index (κ1) is 20.7. The van der Waals surface area contributed by atoms with Gasteiger partial charge in [0, 0.05) is 6.92 Å². The van der Waals surface area contributed by atoms with Gasteiger partial charge < -0.3 is 44.9 Å². The minimum absolute atomic E-state index is 0.799. The summed E-state index contributed by atoms with van der Waals surface area (Å²) in [6.07, 6.45) is -7.23. The lowest BCUT2D eigenvalue weighted by Crippen LogP contribution is -2.66. The lowest BCUT2D eigenvalue weighted by molar-refractivity contribution is -0.193. The van der Waals surface area contributed by atoms with E-state index in [4.69, 9.17) is 9.84 Å². The molecule has 1 saturated heterocycles. The first-order valence-corrected chi connectivity index (χ1v) is 9.67. The van der Waals surface area contributed by atoms with Gasteiger partial charge in [0.1, 0.15) is 24.4 Å². The summed E-state index contributed by atoms with van der Waals surface area (Å²) < 4.78 is 28.0. The van der Waals surface area contributed by atoms with Crippen molar-refractivity contribution >= 4 is 21.1 Å². The summed E-state index contributed by atoms with van der Waals surface area (Å²) in [4.78, 5) is 48.2. The Bertz CT molecular complexity index is 508. The molecule has 0 spiro atoms. The molecule has 0 saturated carbocycles. The summed E-state index contributed by atoms with van der Waals surface area (Å²) in [5.41, 5.74) is 0. The molecular weight excluding hydrogens is 360 g/mol. The Balaban J connectivity index is 3.36. The van der Waals surface area contributed by atoms with E-state index in [1.807, 2.05) is 5.32 Å². The highest BCUT2D eigenvalue weighted by Crippen LogP contribution is 2.62. The molecule has 14 heteroatoms. The van der Waals surface area contributed by atoms with Gasteiger partial charge in [0.25, 0.3) is 0 Å². The maximum absolute atomic E-state index is 11.5. The summed E-state index contributed by atoms with van der Waals surface area (Å²) in [7, 11) is -10.9. The van der Waals surface area contributed by atoms with Gasteiger partial charge in [-0.3, -0.25) is 13.9 Å². The second-order valence-corrected chi connectivity index (χ2v) is 9.00. The molecule has 0 unspecified atom stereocenters. The van der Waals surface area contributed by atoms with Gasteiger partial charge in [0.2, 0.25) is 5.91 Å². The van der Waals surface area contributed by atoms with E-state index in [1.54, 1.807) is 0 Å². The molecule has 0 aromatic rings. The van der Waals surface area contributed by atoms with E-state index >= 15 is 0 Å². The van der Waals surface area contributed by atoms with Crippen LogP contribution in [-0.4, -0.2) is 83.3 Å². The summed E-state index contributed by atoms with van der Waals surface area (Å²) in [5.74, 6) is -0.799. The van der Waals surface area contributed by atoms with Gasteiger partial charge in [-0.2, -0.15) is 0 Å². The Morgan fingerprint density at radius 2 is 1.61 bits per heavy atom. The average molecular weight is 379 g/mol. The third-order valence-corrected chi connectivity index (χ3v) is 7.09. The van der Waals surface area contributed by atoms with Crippen LogP contribution >= 0.6 is 15.2 Å². The standard InChI is InChI=1S/C9H19NO11P2/c1-3(12)10-5-7(14)6(13)4(2-11)21-8(5)9(22(15,16)17)23(18,19)20/h4-9,11,13-14H,2H2,1H3,(H,10,12)(H2,15,16,17)(H2,18,19,20)/t4-,5-,6+,7-,8+/m1/s1. The topological polar surface area (TPSA) is 214 Å². The van der Waals surface area contributed by atoms with Crippen molar-refractivity contribution in [2.45, 2.75) is 42.8 Å². The predicted octanol–water partition coefficient (Wildman–Crippen LogP) is -3.35. The fourth-order valence-electron chi connectivity index (χ4n) is 2.38. The zero-order valence-electron chi connectivity index (χ0n) is 11.8. The molecule has 1 fully saturated rings. The number of nitrogens with one attached hydrogen (secondary N) is 1. The maximum Gasteiger partial charge on any atom is 0.343 e. The van der Waals surface area contributed by atoms with Crippen molar-refractivity contribution in [1.29, 1.82) is 0 Å². The number of aliphatic hydroxyl groups excluding tert-OH is 3. The lowest BCUT2D eigenvalue weighted by atomic mass is 9.93. The molecule has 23 heavy (non-hydrogen) atoms. The van der Waals surface area contributed by atoms with Crippen molar-refractivity contribution < 1.29 is 53.6 Å². The summed E-state index contributed by atoms with van der Waals surface area (Å²) >= 11 is 0. The van der Waals surface area contributed by atoms with Crippen LogP contribution in [0.2, 0.25) is 0 Å². The molecule has 0 aliphatic carbocycles. The van der Waals surface area contributed by atoms with Crippen LogP contribution in [0.1, 0.15) is 6.92 Å². The van der Waals surface area contributed by atoms with E-state index < -0.39 is 63.6 Å². The van der Waals surface area contributed by atoms with Gasteiger partial charge in [-0.15, -0.1) is 0 Å². The number of aliphatic hydroxyl groups is 3. The van der Waals surface area contributed by atoms with Crippen LogP contribution in [0.5, 0.6) is 0 Å². The molecule has 136 valence electrons. The third-order valence-electron chi connectivity index (χ3n) is 3.32. The van der Waals surface area contributed by atoms with E-state index in [0.29, 0.717) is 0 Å². The van der Waals surface area contributed by atoms with E-state index in [2.05, 4.69) is 0 Å². The SMILES string of the molecule is CC(=O)N[C@@H]1[C@@H](O)[C@@H](O)[C@@H](CO)O[C@@H]1C(P(=O)(O)O)P(=O)(O)O. The number of amides is 1. The Kier molecular flexibility index (Phi) is 6.50. The molecule has 0 aromatic carbocycles. The minimum atomic E-state index is -5.44. The fourth-order valence-corrected chi connectivity index (χ4v) is 5.23.